The molecule has 0 saturated carbocycles. The highest BCUT2D eigenvalue weighted by molar-refractivity contribution is 5.83. The standard InChI is InChI=1S/C27H48N2O5/c1-23(30)16-14-12-10-8-6-4-2-3-5-7-9-11-13-15-17-25(31)29-20-18-24(19-21-29)27(34)28-22-26(32)33/h24,30H,1-22H2,(H,28,34)(H,32,33). The van der Waals surface area contributed by atoms with Crippen LogP contribution in [0, 0.1) is 5.92 Å². The highest BCUT2D eigenvalue weighted by Crippen LogP contribution is 2.19. The molecule has 3 N–H and O–H groups in total. The van der Waals surface area contributed by atoms with E-state index in [1.165, 1.54) is 70.6 Å². The van der Waals surface area contributed by atoms with Gasteiger partial charge in [0.15, 0.2) is 0 Å². The monoisotopic (exact) mass is 480 g/mol. The van der Waals surface area contributed by atoms with Crippen molar-refractivity contribution in [2.75, 3.05) is 19.6 Å². The van der Waals surface area contributed by atoms with E-state index < -0.39 is 5.97 Å². The van der Waals surface area contributed by atoms with Crippen LogP contribution in [0.15, 0.2) is 12.3 Å². The molecule has 2 amide bonds. The molecule has 0 radical (unpaired) electrons. The second kappa shape index (κ2) is 19.3. The number of aliphatic carboxylic acids is 1. The Morgan fingerprint density at radius 1 is 0.706 bits per heavy atom. The number of hydrogen-bond donors (Lipinski definition) is 3. The number of carbonyl (C=O) groups excluding carboxylic acids is 2. The Kier molecular flexibility index (Phi) is 17.0. The summed E-state index contributed by atoms with van der Waals surface area (Å²) in [5, 5.41) is 20.1. The third-order valence-electron chi connectivity index (χ3n) is 6.74. The Hall–Kier alpha value is -2.05. The molecule has 196 valence electrons. The van der Waals surface area contributed by atoms with E-state index in [0.29, 0.717) is 38.1 Å². The molecular formula is C27H48N2O5. The van der Waals surface area contributed by atoms with Crippen molar-refractivity contribution in [2.45, 2.75) is 116 Å². The number of nitrogens with zero attached hydrogens (tertiary/aromatic N) is 1. The van der Waals surface area contributed by atoms with E-state index in [4.69, 9.17) is 10.2 Å². The maximum atomic E-state index is 12.4. The molecule has 34 heavy (non-hydrogen) atoms. The van der Waals surface area contributed by atoms with E-state index in [1.54, 1.807) is 0 Å². The molecule has 7 heteroatoms. The second-order valence-corrected chi connectivity index (χ2v) is 9.78. The van der Waals surface area contributed by atoms with Gasteiger partial charge in [0.2, 0.25) is 11.8 Å². The van der Waals surface area contributed by atoms with Crippen molar-refractivity contribution in [3.8, 4) is 0 Å². The molecule has 0 unspecified atom stereocenters. The summed E-state index contributed by atoms with van der Waals surface area (Å²) in [5.41, 5.74) is 0. The van der Waals surface area contributed by atoms with Crippen molar-refractivity contribution < 1.29 is 24.6 Å². The normalized spacial score (nSPS) is 14.2. The van der Waals surface area contributed by atoms with Crippen LogP contribution in [-0.2, 0) is 14.4 Å². The fourth-order valence-corrected chi connectivity index (χ4v) is 4.58. The van der Waals surface area contributed by atoms with Gasteiger partial charge < -0.3 is 20.4 Å². The number of aliphatic hydroxyl groups is 1. The first-order valence-corrected chi connectivity index (χ1v) is 13.5. The number of rotatable bonds is 20. The van der Waals surface area contributed by atoms with Gasteiger partial charge in [-0.25, -0.2) is 0 Å². The van der Waals surface area contributed by atoms with E-state index in [-0.39, 0.29) is 24.3 Å². The van der Waals surface area contributed by atoms with Crippen LogP contribution in [0.25, 0.3) is 0 Å². The number of carboxylic acid groups (broad SMARTS) is 1. The number of piperidine rings is 1. The molecule has 1 aliphatic rings. The van der Waals surface area contributed by atoms with E-state index in [0.717, 1.165) is 25.7 Å². The summed E-state index contributed by atoms with van der Waals surface area (Å²) < 4.78 is 0. The molecule has 0 atom stereocenters. The van der Waals surface area contributed by atoms with Crippen LogP contribution >= 0.6 is 0 Å². The molecule has 7 nitrogen and oxygen atoms in total. The summed E-state index contributed by atoms with van der Waals surface area (Å²) in [7, 11) is 0. The topological polar surface area (TPSA) is 107 Å². The van der Waals surface area contributed by atoms with E-state index in [2.05, 4.69) is 11.9 Å². The minimum absolute atomic E-state index is 0.184. The lowest BCUT2D eigenvalue weighted by atomic mass is 9.95. The van der Waals surface area contributed by atoms with Crippen LogP contribution in [0.2, 0.25) is 0 Å². The van der Waals surface area contributed by atoms with Crippen LogP contribution in [0.4, 0.5) is 0 Å². The van der Waals surface area contributed by atoms with Crippen LogP contribution in [0.3, 0.4) is 0 Å². The molecule has 1 rings (SSSR count). The van der Waals surface area contributed by atoms with Crippen LogP contribution in [-0.4, -0.2) is 52.5 Å². The Bertz CT molecular complexity index is 600. The van der Waals surface area contributed by atoms with Crippen LogP contribution in [0.5, 0.6) is 0 Å². The Morgan fingerprint density at radius 2 is 1.12 bits per heavy atom. The van der Waals surface area contributed by atoms with Crippen molar-refractivity contribution in [3.63, 3.8) is 0 Å². The highest BCUT2D eigenvalue weighted by Gasteiger charge is 2.27. The fraction of sp³-hybridized carbons (Fsp3) is 0.815. The van der Waals surface area contributed by atoms with Gasteiger partial charge in [-0.15, -0.1) is 0 Å². The minimum atomic E-state index is -1.04. The van der Waals surface area contributed by atoms with Crippen molar-refractivity contribution in [1.82, 2.24) is 10.2 Å². The van der Waals surface area contributed by atoms with Crippen LogP contribution in [0.1, 0.15) is 116 Å². The molecule has 0 aromatic rings. The second-order valence-electron chi connectivity index (χ2n) is 9.78. The Morgan fingerprint density at radius 3 is 1.53 bits per heavy atom. The molecule has 0 aromatic carbocycles. The fourth-order valence-electron chi connectivity index (χ4n) is 4.58. The zero-order chi connectivity index (χ0) is 25.0. The molecule has 1 saturated heterocycles. The Balaban J connectivity index is 1.87. The molecular weight excluding hydrogens is 432 g/mol. The van der Waals surface area contributed by atoms with Gasteiger partial charge in [0.25, 0.3) is 0 Å². The molecule has 1 heterocycles. The predicted octanol–water partition coefficient (Wildman–Crippen LogP) is 5.74. The summed E-state index contributed by atoms with van der Waals surface area (Å²) in [6, 6.07) is 0. The first kappa shape index (κ1) is 30.0. The molecule has 0 aromatic heterocycles. The van der Waals surface area contributed by atoms with E-state index in [9.17, 15) is 14.4 Å². The zero-order valence-electron chi connectivity index (χ0n) is 21.2. The first-order valence-electron chi connectivity index (χ1n) is 13.5. The number of hydrogen-bond acceptors (Lipinski definition) is 4. The molecule has 0 bridgehead atoms. The maximum Gasteiger partial charge on any atom is 0.322 e. The summed E-state index contributed by atoms with van der Waals surface area (Å²) in [6.07, 6.45) is 19.8. The third kappa shape index (κ3) is 15.7. The smallest absolute Gasteiger partial charge is 0.322 e. The molecule has 0 aliphatic carbocycles. The van der Waals surface area contributed by atoms with E-state index in [1.807, 2.05) is 4.90 Å². The van der Waals surface area contributed by atoms with Crippen molar-refractivity contribution in [2.24, 2.45) is 5.92 Å². The lowest BCUT2D eigenvalue weighted by Crippen LogP contribution is -2.43. The molecule has 1 aliphatic heterocycles. The van der Waals surface area contributed by atoms with Gasteiger partial charge in [0, 0.05) is 31.8 Å². The minimum Gasteiger partial charge on any atom is -0.513 e. The van der Waals surface area contributed by atoms with Gasteiger partial charge >= 0.3 is 5.97 Å². The Labute approximate surface area is 206 Å². The zero-order valence-corrected chi connectivity index (χ0v) is 21.2. The average Bonchev–Trinajstić information content (AvgIpc) is 2.82. The molecule has 0 spiro atoms. The van der Waals surface area contributed by atoms with Gasteiger partial charge in [-0.2, -0.15) is 0 Å². The number of likely N-dealkylation sites (tertiary alicyclic amines) is 1. The predicted molar refractivity (Wildman–Crippen MR) is 136 cm³/mol. The number of carbonyl (C=O) groups is 3. The number of aliphatic hydroxyl groups excluding tert-OH is 1. The van der Waals surface area contributed by atoms with Gasteiger partial charge in [-0.1, -0.05) is 83.6 Å². The van der Waals surface area contributed by atoms with Gasteiger partial charge in [0.1, 0.15) is 6.54 Å². The van der Waals surface area contributed by atoms with Crippen molar-refractivity contribution in [1.29, 1.82) is 0 Å². The maximum absolute atomic E-state index is 12.4. The quantitative estimate of drug-likeness (QED) is 0.152. The lowest BCUT2D eigenvalue weighted by Gasteiger charge is -2.31. The third-order valence-corrected chi connectivity index (χ3v) is 6.74. The van der Waals surface area contributed by atoms with Crippen molar-refractivity contribution >= 4 is 17.8 Å². The largest absolute Gasteiger partial charge is 0.513 e. The van der Waals surface area contributed by atoms with Gasteiger partial charge in [0.05, 0.1) is 5.76 Å². The number of allylic oxidation sites excluding steroid dienone is 1. The first-order chi connectivity index (χ1) is 16.4. The summed E-state index contributed by atoms with van der Waals surface area (Å²) >= 11 is 0. The number of nitrogens with one attached hydrogen (secondary N) is 1. The summed E-state index contributed by atoms with van der Waals surface area (Å²) in [5.74, 6) is -0.950. The van der Waals surface area contributed by atoms with Crippen LogP contribution < -0.4 is 5.32 Å². The van der Waals surface area contributed by atoms with E-state index >= 15 is 0 Å². The average molecular weight is 481 g/mol. The summed E-state index contributed by atoms with van der Waals surface area (Å²) in [4.78, 5) is 36.7. The summed E-state index contributed by atoms with van der Waals surface area (Å²) in [6.45, 7) is 4.35. The number of amides is 2. The highest BCUT2D eigenvalue weighted by atomic mass is 16.4. The number of unbranched alkanes of at least 4 members (excludes halogenated alkanes) is 13. The van der Waals surface area contributed by atoms with Gasteiger partial charge in [-0.05, 0) is 25.7 Å². The van der Waals surface area contributed by atoms with Crippen molar-refractivity contribution in [3.05, 3.63) is 12.3 Å². The van der Waals surface area contributed by atoms with Gasteiger partial charge in [-0.3, -0.25) is 14.4 Å². The molecule has 1 fully saturated rings. The lowest BCUT2D eigenvalue weighted by molar-refractivity contribution is -0.139. The SMILES string of the molecule is C=C(O)CCCCCCCCCCCCCCCCC(=O)N1CCC(C(=O)NCC(=O)O)CC1. The number of carboxylic acids is 1.